The van der Waals surface area contributed by atoms with Gasteiger partial charge >= 0.3 is 0 Å². The van der Waals surface area contributed by atoms with Gasteiger partial charge in [-0.3, -0.25) is 4.90 Å². The van der Waals surface area contributed by atoms with Crippen molar-refractivity contribution in [1.29, 1.82) is 0 Å². The summed E-state index contributed by atoms with van der Waals surface area (Å²) in [4.78, 5) is 14.4. The summed E-state index contributed by atoms with van der Waals surface area (Å²) < 4.78 is 13.8. The van der Waals surface area contributed by atoms with E-state index in [-0.39, 0.29) is 5.82 Å². The number of benzene rings is 2. The molecule has 0 saturated carbocycles. The Morgan fingerprint density at radius 1 is 1.06 bits per heavy atom. The van der Waals surface area contributed by atoms with Crippen molar-refractivity contribution in [2.45, 2.75) is 59.0 Å². The minimum Gasteiger partial charge on any atom is -0.354 e. The maximum Gasteiger partial charge on any atom is 0.223 e. The Morgan fingerprint density at radius 2 is 1.89 bits per heavy atom. The molecule has 3 aromatic rings. The number of aromatic nitrogens is 2. The molecule has 0 bridgehead atoms. The van der Waals surface area contributed by atoms with Gasteiger partial charge < -0.3 is 10.2 Å². The minimum atomic E-state index is -0.158. The SMILES string of the molecule is CCCN1CCC(N(CC)Cc2cccc(-c3ccnc(NCCc4ccc(C)c(F)c4)n3)c2)CC1. The third-order valence-corrected chi connectivity index (χ3v) is 7.22. The molecule has 2 heterocycles. The van der Waals surface area contributed by atoms with E-state index in [1.807, 2.05) is 18.2 Å². The molecule has 2 aromatic carbocycles. The molecule has 4 rings (SSSR count). The highest BCUT2D eigenvalue weighted by Crippen LogP contribution is 2.23. The van der Waals surface area contributed by atoms with Crippen LogP contribution in [0.2, 0.25) is 0 Å². The average Bonchev–Trinajstić information content (AvgIpc) is 2.90. The first kappa shape index (κ1) is 26.2. The van der Waals surface area contributed by atoms with Crippen LogP contribution in [0.1, 0.15) is 49.8 Å². The van der Waals surface area contributed by atoms with Gasteiger partial charge in [0.25, 0.3) is 0 Å². The van der Waals surface area contributed by atoms with Gasteiger partial charge in [0.15, 0.2) is 0 Å². The fourth-order valence-electron chi connectivity index (χ4n) is 5.10. The predicted octanol–water partition coefficient (Wildman–Crippen LogP) is 5.94. The number of hydrogen-bond acceptors (Lipinski definition) is 5. The van der Waals surface area contributed by atoms with E-state index in [0.717, 1.165) is 29.9 Å². The van der Waals surface area contributed by atoms with Crippen LogP contribution >= 0.6 is 0 Å². The smallest absolute Gasteiger partial charge is 0.223 e. The lowest BCUT2D eigenvalue weighted by Gasteiger charge is -2.38. The molecule has 1 aliphatic rings. The van der Waals surface area contributed by atoms with Crippen molar-refractivity contribution in [2.24, 2.45) is 0 Å². The first-order valence-corrected chi connectivity index (χ1v) is 13.4. The van der Waals surface area contributed by atoms with Crippen LogP contribution in [0.15, 0.2) is 54.7 Å². The van der Waals surface area contributed by atoms with Gasteiger partial charge in [-0.1, -0.05) is 44.2 Å². The van der Waals surface area contributed by atoms with Gasteiger partial charge in [-0.15, -0.1) is 0 Å². The summed E-state index contributed by atoms with van der Waals surface area (Å²) in [5.74, 6) is 0.439. The Morgan fingerprint density at radius 3 is 2.64 bits per heavy atom. The first-order valence-electron chi connectivity index (χ1n) is 13.4. The number of nitrogens with one attached hydrogen (secondary N) is 1. The molecule has 1 aliphatic heterocycles. The minimum absolute atomic E-state index is 0.158. The largest absolute Gasteiger partial charge is 0.354 e. The molecule has 0 atom stereocenters. The first-order chi connectivity index (χ1) is 17.6. The molecule has 0 spiro atoms. The maximum atomic E-state index is 13.8. The van der Waals surface area contributed by atoms with Gasteiger partial charge in [0, 0.05) is 30.9 Å². The summed E-state index contributed by atoms with van der Waals surface area (Å²) >= 11 is 0. The molecular weight excluding hydrogens is 449 g/mol. The van der Waals surface area contributed by atoms with Crippen molar-refractivity contribution in [3.8, 4) is 11.3 Å². The number of halogens is 1. The molecule has 192 valence electrons. The molecule has 0 radical (unpaired) electrons. The number of hydrogen-bond donors (Lipinski definition) is 1. The summed E-state index contributed by atoms with van der Waals surface area (Å²) in [6, 6.07) is 16.7. The van der Waals surface area contributed by atoms with Gasteiger partial charge in [0.05, 0.1) is 5.69 Å². The molecule has 5 nitrogen and oxygen atoms in total. The predicted molar refractivity (Wildman–Crippen MR) is 147 cm³/mol. The van der Waals surface area contributed by atoms with Crippen LogP contribution in [0.25, 0.3) is 11.3 Å². The van der Waals surface area contributed by atoms with Crippen LogP contribution in [-0.4, -0.2) is 58.5 Å². The Bertz CT molecular complexity index is 1110. The van der Waals surface area contributed by atoms with E-state index in [2.05, 4.69) is 58.2 Å². The number of rotatable bonds is 11. The normalized spacial score (nSPS) is 14.9. The van der Waals surface area contributed by atoms with Crippen molar-refractivity contribution in [1.82, 2.24) is 19.8 Å². The Hall–Kier alpha value is -2.83. The lowest BCUT2D eigenvalue weighted by Crippen LogP contribution is -2.44. The fourth-order valence-corrected chi connectivity index (χ4v) is 5.10. The van der Waals surface area contributed by atoms with E-state index < -0.39 is 0 Å². The second-order valence-corrected chi connectivity index (χ2v) is 9.86. The zero-order valence-corrected chi connectivity index (χ0v) is 22.0. The van der Waals surface area contributed by atoms with Gasteiger partial charge in [0.1, 0.15) is 5.82 Å². The summed E-state index contributed by atoms with van der Waals surface area (Å²) in [7, 11) is 0. The summed E-state index contributed by atoms with van der Waals surface area (Å²) in [6.45, 7) is 12.6. The second kappa shape index (κ2) is 12.9. The van der Waals surface area contributed by atoms with Crippen LogP contribution in [-0.2, 0) is 13.0 Å². The molecule has 1 aromatic heterocycles. The van der Waals surface area contributed by atoms with Gasteiger partial charge in [0.2, 0.25) is 5.95 Å². The van der Waals surface area contributed by atoms with E-state index in [4.69, 9.17) is 4.98 Å². The van der Waals surface area contributed by atoms with E-state index >= 15 is 0 Å². The molecule has 36 heavy (non-hydrogen) atoms. The molecule has 6 heteroatoms. The van der Waals surface area contributed by atoms with Crippen molar-refractivity contribution < 1.29 is 4.39 Å². The lowest BCUT2D eigenvalue weighted by atomic mass is 10.0. The standard InChI is InChI=1S/C30H40FN5/c1-4-17-35-18-13-27(14-19-35)36(5-2)22-25-7-6-8-26(20-25)29-12-16-33-30(34-29)32-15-11-24-10-9-23(3)28(31)21-24/h6-10,12,16,20-21,27H,4-5,11,13-15,17-19,22H2,1-3H3,(H,32,33,34). The molecule has 0 amide bonds. The summed E-state index contributed by atoms with van der Waals surface area (Å²) in [5, 5.41) is 3.29. The molecule has 0 aliphatic carbocycles. The summed E-state index contributed by atoms with van der Waals surface area (Å²) in [6.07, 6.45) is 6.26. The molecule has 0 unspecified atom stereocenters. The Labute approximate surface area is 215 Å². The van der Waals surface area contributed by atoms with Crippen LogP contribution in [0.4, 0.5) is 10.3 Å². The van der Waals surface area contributed by atoms with Crippen LogP contribution in [0.5, 0.6) is 0 Å². The quantitative estimate of drug-likeness (QED) is 0.361. The van der Waals surface area contributed by atoms with Crippen molar-refractivity contribution in [3.05, 3.63) is 77.2 Å². The van der Waals surface area contributed by atoms with Crippen molar-refractivity contribution in [3.63, 3.8) is 0 Å². The monoisotopic (exact) mass is 489 g/mol. The Balaban J connectivity index is 1.36. The number of anilines is 1. The highest BCUT2D eigenvalue weighted by Gasteiger charge is 2.23. The van der Waals surface area contributed by atoms with E-state index in [1.165, 1.54) is 44.5 Å². The highest BCUT2D eigenvalue weighted by molar-refractivity contribution is 5.61. The molecular formula is C30H40FN5. The van der Waals surface area contributed by atoms with Crippen LogP contribution in [0, 0.1) is 12.7 Å². The third kappa shape index (κ3) is 7.11. The van der Waals surface area contributed by atoms with Gasteiger partial charge in [-0.2, -0.15) is 0 Å². The van der Waals surface area contributed by atoms with Crippen LogP contribution < -0.4 is 5.32 Å². The van der Waals surface area contributed by atoms with E-state index in [9.17, 15) is 4.39 Å². The number of nitrogens with zero attached hydrogens (tertiary/aromatic N) is 4. The molecule has 1 saturated heterocycles. The topological polar surface area (TPSA) is 44.3 Å². The third-order valence-electron chi connectivity index (χ3n) is 7.22. The fraction of sp³-hybridized carbons (Fsp3) is 0.467. The van der Waals surface area contributed by atoms with Crippen LogP contribution in [0.3, 0.4) is 0 Å². The Kier molecular flexibility index (Phi) is 9.42. The lowest BCUT2D eigenvalue weighted by molar-refractivity contribution is 0.107. The summed E-state index contributed by atoms with van der Waals surface area (Å²) in [5.41, 5.74) is 4.97. The number of piperidine rings is 1. The van der Waals surface area contributed by atoms with E-state index in [1.54, 1.807) is 19.2 Å². The molecule has 1 fully saturated rings. The second-order valence-electron chi connectivity index (χ2n) is 9.86. The van der Waals surface area contributed by atoms with E-state index in [0.29, 0.717) is 30.5 Å². The number of likely N-dealkylation sites (tertiary alicyclic amines) is 1. The van der Waals surface area contributed by atoms with Gasteiger partial charge in [-0.05, 0) is 93.7 Å². The molecule has 1 N–H and O–H groups in total. The zero-order valence-electron chi connectivity index (χ0n) is 22.0. The van der Waals surface area contributed by atoms with Crippen molar-refractivity contribution in [2.75, 3.05) is 38.0 Å². The zero-order chi connectivity index (χ0) is 25.3. The number of aryl methyl sites for hydroxylation is 1. The highest BCUT2D eigenvalue weighted by atomic mass is 19.1. The maximum absolute atomic E-state index is 13.8. The van der Waals surface area contributed by atoms with Gasteiger partial charge in [-0.25, -0.2) is 14.4 Å². The average molecular weight is 490 g/mol. The van der Waals surface area contributed by atoms with Crippen molar-refractivity contribution >= 4 is 5.95 Å².